The van der Waals surface area contributed by atoms with Gasteiger partial charge < -0.3 is 29.2 Å². The number of methoxy groups -OCH3 is 1. The standard InChI is InChI=1S/C54H74N4O7/c1-32(2)35-17-20-53(47(62)58-30-34(64-26-25-63-9)27-40(58)44-55-29-39(57-44)33-13-11-10-12-14-33)23-21-49(5)36(43(35)53)15-16-41-50(49,6)22-24-54-51(41,7)19-18-42(52(54,8)31-56-54)65-46(61)38-28-37(45(59)60)48(38,3)4/h10-14,29,31,34-38,40-43H,1,15-28,30H2,2-9H3,(H,55,57)(H,59,60)/t34-,35+,36?,37+,38-,40+,41+,42+,43-,49-,50-,51?,52-,53+,54+/m1/s1. The number of carboxylic acid groups (broad SMARTS) is 1. The first kappa shape index (κ1) is 45.0. The Hall–Kier alpha value is -3.83. The fraction of sp³-hybridized carbons (Fsp3) is 0.722. The van der Waals surface area contributed by atoms with E-state index in [0.717, 1.165) is 81.3 Å². The minimum absolute atomic E-state index is 0.0124. The molecular weight excluding hydrogens is 817 g/mol. The van der Waals surface area contributed by atoms with Crippen LogP contribution in [0, 0.1) is 68.0 Å². The molecule has 2 unspecified atom stereocenters. The van der Waals surface area contributed by atoms with Gasteiger partial charge in [-0.2, -0.15) is 0 Å². The number of rotatable bonds is 11. The maximum atomic E-state index is 16.0. The Morgan fingerprint density at radius 2 is 1.63 bits per heavy atom. The van der Waals surface area contributed by atoms with Crippen molar-refractivity contribution in [2.75, 3.05) is 26.9 Å². The molecule has 11 nitrogen and oxygen atoms in total. The second kappa shape index (κ2) is 15.3. The van der Waals surface area contributed by atoms with Crippen molar-refractivity contribution in [2.24, 2.45) is 73.0 Å². The Kier molecular flexibility index (Phi) is 10.6. The Balaban J connectivity index is 0.932. The van der Waals surface area contributed by atoms with E-state index in [2.05, 4.69) is 69.4 Å². The van der Waals surface area contributed by atoms with Crippen LogP contribution in [0.3, 0.4) is 0 Å². The van der Waals surface area contributed by atoms with Gasteiger partial charge in [0.05, 0.1) is 65.5 Å². The number of benzene rings is 1. The number of aliphatic carboxylic acids is 1. The molecule has 1 spiro atoms. The topological polar surface area (TPSA) is 143 Å². The van der Waals surface area contributed by atoms with Crippen LogP contribution >= 0.6 is 0 Å². The number of fused-ring (bicyclic) bond motifs is 6. The number of ether oxygens (including phenoxy) is 3. The van der Waals surface area contributed by atoms with Crippen molar-refractivity contribution in [3.63, 3.8) is 0 Å². The summed E-state index contributed by atoms with van der Waals surface area (Å²) in [6.07, 6.45) is 14.3. The number of H-pyrrole nitrogens is 1. The molecule has 2 aromatic rings. The number of hydrogen-bond acceptors (Lipinski definition) is 8. The van der Waals surface area contributed by atoms with Crippen LogP contribution in [0.15, 0.2) is 53.7 Å². The number of nitrogens with zero attached hydrogens (tertiary/aromatic N) is 3. The maximum absolute atomic E-state index is 16.0. The van der Waals surface area contributed by atoms with Gasteiger partial charge in [-0.1, -0.05) is 77.1 Å². The van der Waals surface area contributed by atoms with E-state index in [1.807, 2.05) is 38.2 Å². The molecule has 2 N–H and O–H groups in total. The molecule has 0 radical (unpaired) electrons. The first-order chi connectivity index (χ1) is 30.8. The first-order valence-corrected chi connectivity index (χ1v) is 25.0. The Morgan fingerprint density at radius 1 is 0.877 bits per heavy atom. The lowest BCUT2D eigenvalue weighted by Crippen LogP contribution is -2.77. The summed E-state index contributed by atoms with van der Waals surface area (Å²) < 4.78 is 18.3. The number of nitrogens with one attached hydrogen (secondary N) is 1. The predicted octanol–water partition coefficient (Wildman–Crippen LogP) is 9.89. The van der Waals surface area contributed by atoms with Gasteiger partial charge in [0.2, 0.25) is 5.91 Å². The van der Waals surface area contributed by atoms with Crippen molar-refractivity contribution >= 4 is 24.1 Å². The highest BCUT2D eigenvalue weighted by Gasteiger charge is 2.78. The van der Waals surface area contributed by atoms with Gasteiger partial charge in [-0.05, 0) is 135 Å². The Labute approximate surface area is 386 Å². The lowest BCUT2D eigenvalue weighted by atomic mass is 9.30. The highest BCUT2D eigenvalue weighted by atomic mass is 16.5. The van der Waals surface area contributed by atoms with Gasteiger partial charge in [-0.3, -0.25) is 19.4 Å². The van der Waals surface area contributed by atoms with E-state index in [4.69, 9.17) is 24.2 Å². The molecule has 8 aliphatic rings. The van der Waals surface area contributed by atoms with Crippen molar-refractivity contribution in [3.05, 3.63) is 54.5 Å². The summed E-state index contributed by atoms with van der Waals surface area (Å²) in [6.45, 7) is 22.2. The monoisotopic (exact) mass is 891 g/mol. The molecule has 65 heavy (non-hydrogen) atoms. The van der Waals surface area contributed by atoms with Crippen molar-refractivity contribution in [2.45, 2.75) is 149 Å². The van der Waals surface area contributed by atoms with Crippen LogP contribution in [0.5, 0.6) is 0 Å². The van der Waals surface area contributed by atoms with Crippen LogP contribution in [-0.2, 0) is 28.6 Å². The van der Waals surface area contributed by atoms with Crippen LogP contribution in [0.1, 0.15) is 137 Å². The Morgan fingerprint density at radius 3 is 2.31 bits per heavy atom. The van der Waals surface area contributed by atoms with Crippen molar-refractivity contribution < 1.29 is 33.7 Å². The summed E-state index contributed by atoms with van der Waals surface area (Å²) in [7, 11) is 1.69. The molecule has 7 fully saturated rings. The van der Waals surface area contributed by atoms with Crippen molar-refractivity contribution in [3.8, 4) is 11.3 Å². The van der Waals surface area contributed by atoms with Crippen LogP contribution in [0.25, 0.3) is 11.3 Å². The second-order valence-corrected chi connectivity index (χ2v) is 23.8. The van der Waals surface area contributed by atoms with Gasteiger partial charge in [0.15, 0.2) is 0 Å². The number of allylic oxidation sites excluding steroid dienone is 1. The molecule has 3 heterocycles. The number of carboxylic acids is 1. The van der Waals surface area contributed by atoms with E-state index in [0.29, 0.717) is 44.4 Å². The molecule has 11 heteroatoms. The van der Waals surface area contributed by atoms with E-state index in [1.165, 1.54) is 5.57 Å². The fourth-order valence-corrected chi connectivity index (χ4v) is 17.2. The normalized spacial score (nSPS) is 44.3. The molecule has 6 aliphatic carbocycles. The average Bonchev–Trinajstić information content (AvgIpc) is 4.02. The second-order valence-electron chi connectivity index (χ2n) is 23.8. The lowest BCUT2D eigenvalue weighted by molar-refractivity contribution is -0.255. The molecule has 1 aromatic carbocycles. The first-order valence-electron chi connectivity index (χ1n) is 25.0. The number of imidazole rings is 1. The van der Waals surface area contributed by atoms with Crippen molar-refractivity contribution in [1.29, 1.82) is 0 Å². The minimum Gasteiger partial charge on any atom is -0.481 e. The summed E-state index contributed by atoms with van der Waals surface area (Å²) in [5.41, 5.74) is 1.38. The summed E-state index contributed by atoms with van der Waals surface area (Å²) in [5.74, 6) is 0.383. The molecular formula is C54H74N4O7. The zero-order chi connectivity index (χ0) is 46.1. The number of carbonyl (C=O) groups is 3. The number of aliphatic imine (C=N–C) groups is 1. The Bertz CT molecular complexity index is 2270. The fourth-order valence-electron chi connectivity index (χ4n) is 17.2. The number of amides is 1. The van der Waals surface area contributed by atoms with E-state index < -0.39 is 28.6 Å². The minimum atomic E-state index is -0.836. The molecule has 6 saturated carbocycles. The van der Waals surface area contributed by atoms with Crippen LogP contribution in [-0.4, -0.2) is 88.6 Å². The third-order valence-electron chi connectivity index (χ3n) is 21.2. The number of carbonyl (C=O) groups excluding carboxylic acids is 2. The van der Waals surface area contributed by atoms with Crippen molar-refractivity contribution in [1.82, 2.24) is 14.9 Å². The zero-order valence-electron chi connectivity index (χ0n) is 40.3. The van der Waals surface area contributed by atoms with E-state index in [-0.39, 0.29) is 69.2 Å². The van der Waals surface area contributed by atoms with Gasteiger partial charge in [0, 0.05) is 26.3 Å². The molecule has 15 atom stereocenters. The predicted molar refractivity (Wildman–Crippen MR) is 249 cm³/mol. The van der Waals surface area contributed by atoms with E-state index >= 15 is 4.79 Å². The summed E-state index contributed by atoms with van der Waals surface area (Å²) in [6, 6.07) is 10.1. The SMILES string of the molecule is C=C(C)[C@@H]1CC[C@]2(C(=O)N3C[C@H](OCCOC)C[C@H]3c3ncc(-c4ccccc4)[nH]3)CC[C@]3(C)C(CC[C@@H]4C5(C)CC[C@H](OC(=O)[C@H]6C[C@@H](C(=O)O)C6(C)C)[C@@]6(C)C=N[C@@]56CC[C@]43C)[C@@H]12. The molecule has 1 aromatic heterocycles. The third-order valence-corrected chi connectivity index (χ3v) is 21.2. The smallest absolute Gasteiger partial charge is 0.309 e. The third kappa shape index (κ3) is 6.07. The summed E-state index contributed by atoms with van der Waals surface area (Å²) in [5, 5.41) is 9.76. The molecule has 1 saturated heterocycles. The number of likely N-dealkylation sites (tertiary alicyclic amines) is 1. The quantitative estimate of drug-likeness (QED) is 0.129. The van der Waals surface area contributed by atoms with Crippen LogP contribution in [0.2, 0.25) is 0 Å². The number of aromatic amines is 1. The van der Waals surface area contributed by atoms with E-state index in [1.54, 1.807) is 7.11 Å². The number of hydrogen-bond donors (Lipinski definition) is 2. The van der Waals surface area contributed by atoms with Crippen LogP contribution in [0.4, 0.5) is 0 Å². The molecule has 0 bridgehead atoms. The summed E-state index contributed by atoms with van der Waals surface area (Å²) in [4.78, 5) is 57.9. The number of esters is 1. The molecule has 1 amide bonds. The van der Waals surface area contributed by atoms with Gasteiger partial charge in [-0.15, -0.1) is 0 Å². The molecule has 352 valence electrons. The largest absolute Gasteiger partial charge is 0.481 e. The average molecular weight is 891 g/mol. The van der Waals surface area contributed by atoms with Crippen LogP contribution < -0.4 is 0 Å². The van der Waals surface area contributed by atoms with Gasteiger partial charge in [0.1, 0.15) is 11.9 Å². The molecule has 2 aliphatic heterocycles. The molecule has 10 rings (SSSR count). The highest BCUT2D eigenvalue weighted by molar-refractivity contribution is 5.85. The van der Waals surface area contributed by atoms with Gasteiger partial charge in [-0.25, -0.2) is 4.98 Å². The number of aromatic nitrogens is 2. The lowest BCUT2D eigenvalue weighted by Gasteiger charge is -2.76. The van der Waals surface area contributed by atoms with Gasteiger partial charge >= 0.3 is 11.9 Å². The summed E-state index contributed by atoms with van der Waals surface area (Å²) >= 11 is 0. The zero-order valence-corrected chi connectivity index (χ0v) is 40.3. The van der Waals surface area contributed by atoms with Gasteiger partial charge in [0.25, 0.3) is 0 Å². The highest BCUT2D eigenvalue weighted by Crippen LogP contribution is 2.80. The maximum Gasteiger partial charge on any atom is 0.309 e. The van der Waals surface area contributed by atoms with E-state index in [9.17, 15) is 14.7 Å².